The van der Waals surface area contributed by atoms with Crippen LogP contribution in [0.2, 0.25) is 0 Å². The van der Waals surface area contributed by atoms with Gasteiger partial charge in [0.15, 0.2) is 5.03 Å². The molecule has 0 fully saturated rings. The SMILES string of the molecule is Cc1cc(NS(=O)(=O)c2[nH]ncc2CNC(C)C)ccn1. The van der Waals surface area contributed by atoms with Gasteiger partial charge in [0.1, 0.15) is 0 Å². The van der Waals surface area contributed by atoms with Crippen LogP contribution in [0.3, 0.4) is 0 Å². The fourth-order valence-corrected chi connectivity index (χ4v) is 2.97. The van der Waals surface area contributed by atoms with Crippen LogP contribution in [0.4, 0.5) is 5.69 Å². The molecule has 3 N–H and O–H groups in total. The molecule has 7 nitrogen and oxygen atoms in total. The monoisotopic (exact) mass is 309 g/mol. The molecule has 0 saturated carbocycles. The number of nitrogens with one attached hydrogen (secondary N) is 3. The highest BCUT2D eigenvalue weighted by Gasteiger charge is 2.21. The van der Waals surface area contributed by atoms with Gasteiger partial charge in [-0.15, -0.1) is 0 Å². The van der Waals surface area contributed by atoms with Crippen LogP contribution in [0.1, 0.15) is 25.1 Å². The number of rotatable bonds is 6. The van der Waals surface area contributed by atoms with Crippen molar-refractivity contribution < 1.29 is 8.42 Å². The number of hydrogen-bond donors (Lipinski definition) is 3. The summed E-state index contributed by atoms with van der Waals surface area (Å²) >= 11 is 0. The minimum Gasteiger partial charge on any atom is -0.310 e. The van der Waals surface area contributed by atoms with Crippen LogP contribution in [-0.4, -0.2) is 29.6 Å². The third-order valence-corrected chi connectivity index (χ3v) is 4.19. The molecule has 0 bridgehead atoms. The van der Waals surface area contributed by atoms with Crippen LogP contribution in [0.25, 0.3) is 0 Å². The quantitative estimate of drug-likeness (QED) is 0.749. The summed E-state index contributed by atoms with van der Waals surface area (Å²) in [7, 11) is -3.70. The molecule has 0 aliphatic heterocycles. The van der Waals surface area contributed by atoms with Crippen molar-refractivity contribution >= 4 is 15.7 Å². The number of aryl methyl sites for hydroxylation is 1. The van der Waals surface area contributed by atoms with Crippen molar-refractivity contribution in [3.05, 3.63) is 35.8 Å². The first-order valence-electron chi connectivity index (χ1n) is 6.59. The van der Waals surface area contributed by atoms with Gasteiger partial charge in [-0.1, -0.05) is 13.8 Å². The maximum absolute atomic E-state index is 12.4. The fourth-order valence-electron chi connectivity index (χ4n) is 1.79. The lowest BCUT2D eigenvalue weighted by Crippen LogP contribution is -2.23. The van der Waals surface area contributed by atoms with E-state index in [1.165, 1.54) is 6.20 Å². The Morgan fingerprint density at radius 1 is 1.38 bits per heavy atom. The Bertz CT molecular complexity index is 709. The number of hydrogen-bond acceptors (Lipinski definition) is 5. The third kappa shape index (κ3) is 4.02. The van der Waals surface area contributed by atoms with Gasteiger partial charge in [0, 0.05) is 30.0 Å². The first-order chi connectivity index (χ1) is 9.88. The zero-order valence-corrected chi connectivity index (χ0v) is 13.0. The van der Waals surface area contributed by atoms with Crippen molar-refractivity contribution in [2.24, 2.45) is 0 Å². The van der Waals surface area contributed by atoms with Gasteiger partial charge in [-0.25, -0.2) is 0 Å². The number of sulfonamides is 1. The summed E-state index contributed by atoms with van der Waals surface area (Å²) < 4.78 is 27.3. The molecule has 0 saturated heterocycles. The maximum atomic E-state index is 12.4. The van der Waals surface area contributed by atoms with Gasteiger partial charge >= 0.3 is 0 Å². The van der Waals surface area contributed by atoms with Crippen LogP contribution in [0.5, 0.6) is 0 Å². The van der Waals surface area contributed by atoms with Crippen molar-refractivity contribution in [1.82, 2.24) is 20.5 Å². The van der Waals surface area contributed by atoms with Crippen LogP contribution < -0.4 is 10.0 Å². The van der Waals surface area contributed by atoms with E-state index in [0.29, 0.717) is 17.8 Å². The van der Waals surface area contributed by atoms with Crippen LogP contribution in [-0.2, 0) is 16.6 Å². The number of aromatic nitrogens is 3. The Hall–Kier alpha value is -1.93. The van der Waals surface area contributed by atoms with Crippen molar-refractivity contribution in [3.63, 3.8) is 0 Å². The number of nitrogens with zero attached hydrogens (tertiary/aromatic N) is 2. The number of anilines is 1. The minimum absolute atomic E-state index is 0.0742. The van der Waals surface area contributed by atoms with Crippen molar-refractivity contribution in [1.29, 1.82) is 0 Å². The average molecular weight is 309 g/mol. The second-order valence-electron chi connectivity index (χ2n) is 5.05. The standard InChI is InChI=1S/C13H19N5O2S/c1-9(2)15-7-11-8-16-17-13(11)21(19,20)18-12-4-5-14-10(3)6-12/h4-6,8-9,15H,7H2,1-3H3,(H,14,18)(H,16,17). The number of aromatic amines is 1. The normalized spacial score (nSPS) is 11.8. The lowest BCUT2D eigenvalue weighted by molar-refractivity contribution is 0.574. The van der Waals surface area contributed by atoms with Crippen molar-refractivity contribution in [2.45, 2.75) is 38.4 Å². The molecule has 0 aliphatic carbocycles. The Labute approximate surface area is 124 Å². The summed E-state index contributed by atoms with van der Waals surface area (Å²) in [5, 5.41) is 9.62. The highest BCUT2D eigenvalue weighted by atomic mass is 32.2. The van der Waals surface area contributed by atoms with Crippen LogP contribution in [0, 0.1) is 6.92 Å². The van der Waals surface area contributed by atoms with Crippen LogP contribution in [0.15, 0.2) is 29.6 Å². The van der Waals surface area contributed by atoms with Gasteiger partial charge < -0.3 is 5.32 Å². The number of H-pyrrole nitrogens is 1. The first-order valence-corrected chi connectivity index (χ1v) is 8.08. The van der Waals surface area contributed by atoms with E-state index in [4.69, 9.17) is 0 Å². The Morgan fingerprint density at radius 3 is 2.81 bits per heavy atom. The van der Waals surface area contributed by atoms with E-state index in [2.05, 4.69) is 25.2 Å². The largest absolute Gasteiger partial charge is 0.310 e. The zero-order valence-electron chi connectivity index (χ0n) is 12.2. The molecule has 0 atom stereocenters. The van der Waals surface area contributed by atoms with Gasteiger partial charge in [0.25, 0.3) is 10.0 Å². The summed E-state index contributed by atoms with van der Waals surface area (Å²) in [6.07, 6.45) is 3.07. The zero-order chi connectivity index (χ0) is 15.5. The lowest BCUT2D eigenvalue weighted by Gasteiger charge is -2.10. The number of pyridine rings is 1. The second kappa shape index (κ2) is 6.23. The molecule has 21 heavy (non-hydrogen) atoms. The summed E-state index contributed by atoms with van der Waals surface area (Å²) in [6, 6.07) is 3.53. The van der Waals surface area contributed by atoms with Gasteiger partial charge in [-0.3, -0.25) is 14.8 Å². The van der Waals surface area contributed by atoms with Gasteiger partial charge in [-0.05, 0) is 19.1 Å². The Kier molecular flexibility index (Phi) is 4.59. The highest BCUT2D eigenvalue weighted by Crippen LogP contribution is 2.17. The van der Waals surface area contributed by atoms with E-state index in [0.717, 1.165) is 5.69 Å². The predicted octanol–water partition coefficient (Wildman–Crippen LogP) is 1.41. The summed E-state index contributed by atoms with van der Waals surface area (Å²) in [6.45, 7) is 6.21. The molecule has 8 heteroatoms. The Morgan fingerprint density at radius 2 is 2.14 bits per heavy atom. The molecule has 0 spiro atoms. The maximum Gasteiger partial charge on any atom is 0.279 e. The molecule has 114 valence electrons. The molecule has 0 aliphatic rings. The first kappa shape index (κ1) is 15.5. The molecule has 2 aromatic rings. The minimum atomic E-state index is -3.70. The molecule has 0 amide bonds. The summed E-state index contributed by atoms with van der Waals surface area (Å²) in [5.74, 6) is 0. The third-order valence-electron chi connectivity index (χ3n) is 2.80. The molecule has 2 aromatic heterocycles. The molecule has 0 unspecified atom stereocenters. The van der Waals surface area contributed by atoms with Gasteiger partial charge in [0.2, 0.25) is 0 Å². The van der Waals surface area contributed by atoms with E-state index in [9.17, 15) is 8.42 Å². The molecule has 2 heterocycles. The Balaban J connectivity index is 2.22. The van der Waals surface area contributed by atoms with Crippen LogP contribution >= 0.6 is 0 Å². The summed E-state index contributed by atoms with van der Waals surface area (Å²) in [5.41, 5.74) is 1.81. The van der Waals surface area contributed by atoms with E-state index >= 15 is 0 Å². The molecule has 2 rings (SSSR count). The molecular weight excluding hydrogens is 290 g/mol. The van der Waals surface area contributed by atoms with E-state index in [1.54, 1.807) is 25.3 Å². The molecule has 0 aromatic carbocycles. The van der Waals surface area contributed by atoms with Gasteiger partial charge in [-0.2, -0.15) is 13.5 Å². The lowest BCUT2D eigenvalue weighted by atomic mass is 10.3. The van der Waals surface area contributed by atoms with E-state index in [1.807, 2.05) is 13.8 Å². The summed E-state index contributed by atoms with van der Waals surface area (Å²) in [4.78, 5) is 4.03. The smallest absolute Gasteiger partial charge is 0.279 e. The van der Waals surface area contributed by atoms with Crippen molar-refractivity contribution in [3.8, 4) is 0 Å². The van der Waals surface area contributed by atoms with Gasteiger partial charge in [0.05, 0.1) is 11.9 Å². The van der Waals surface area contributed by atoms with E-state index in [-0.39, 0.29) is 11.1 Å². The van der Waals surface area contributed by atoms with Crippen molar-refractivity contribution in [2.75, 3.05) is 4.72 Å². The average Bonchev–Trinajstić information content (AvgIpc) is 2.85. The predicted molar refractivity (Wildman–Crippen MR) is 80.3 cm³/mol. The topological polar surface area (TPSA) is 99.8 Å². The highest BCUT2D eigenvalue weighted by molar-refractivity contribution is 7.92. The van der Waals surface area contributed by atoms with E-state index < -0.39 is 10.0 Å². The molecular formula is C13H19N5O2S. The fraction of sp³-hybridized carbons (Fsp3) is 0.385. The molecule has 0 radical (unpaired) electrons. The second-order valence-corrected chi connectivity index (χ2v) is 6.67.